The number of halogens is 1. The SMILES string of the molecule is Cc1ccc(S(=O)(=O)NCCNC(=O)Cc2cccc(F)c2)c2cccnc12. The van der Waals surface area contributed by atoms with Crippen molar-refractivity contribution in [3.05, 3.63) is 71.7 Å². The number of benzene rings is 2. The lowest BCUT2D eigenvalue weighted by molar-refractivity contribution is -0.120. The fourth-order valence-corrected chi connectivity index (χ4v) is 4.11. The number of hydrogen-bond acceptors (Lipinski definition) is 4. The van der Waals surface area contributed by atoms with E-state index in [2.05, 4.69) is 15.0 Å². The Kier molecular flexibility index (Phi) is 6.01. The van der Waals surface area contributed by atoms with E-state index in [4.69, 9.17) is 0 Å². The Hall–Kier alpha value is -2.84. The predicted molar refractivity (Wildman–Crippen MR) is 105 cm³/mol. The smallest absolute Gasteiger partial charge is 0.241 e. The van der Waals surface area contributed by atoms with Crippen molar-refractivity contribution in [1.29, 1.82) is 0 Å². The number of nitrogens with one attached hydrogen (secondary N) is 2. The summed E-state index contributed by atoms with van der Waals surface area (Å²) >= 11 is 0. The molecule has 2 aromatic carbocycles. The molecule has 8 heteroatoms. The molecule has 2 N–H and O–H groups in total. The third-order valence-corrected chi connectivity index (χ3v) is 5.73. The zero-order valence-corrected chi connectivity index (χ0v) is 16.1. The number of carbonyl (C=O) groups is 1. The van der Waals surface area contributed by atoms with E-state index in [9.17, 15) is 17.6 Å². The van der Waals surface area contributed by atoms with E-state index < -0.39 is 15.8 Å². The highest BCUT2D eigenvalue weighted by Gasteiger charge is 2.18. The first-order valence-corrected chi connectivity index (χ1v) is 10.2. The molecule has 6 nitrogen and oxygen atoms in total. The Labute approximate surface area is 162 Å². The van der Waals surface area contributed by atoms with Crippen molar-refractivity contribution in [2.24, 2.45) is 0 Å². The molecule has 0 spiro atoms. The van der Waals surface area contributed by atoms with Crippen molar-refractivity contribution in [2.45, 2.75) is 18.2 Å². The number of hydrogen-bond donors (Lipinski definition) is 2. The molecule has 1 heterocycles. The maximum absolute atomic E-state index is 13.1. The average molecular weight is 401 g/mol. The van der Waals surface area contributed by atoms with Gasteiger partial charge in [-0.2, -0.15) is 0 Å². The summed E-state index contributed by atoms with van der Waals surface area (Å²) in [7, 11) is -3.76. The van der Waals surface area contributed by atoms with Gasteiger partial charge in [0, 0.05) is 24.7 Å². The summed E-state index contributed by atoms with van der Waals surface area (Å²) in [6.45, 7) is 2.02. The van der Waals surface area contributed by atoms with E-state index in [1.54, 1.807) is 36.5 Å². The molecule has 0 aliphatic carbocycles. The Morgan fingerprint density at radius 2 is 1.93 bits per heavy atom. The largest absolute Gasteiger partial charge is 0.355 e. The summed E-state index contributed by atoms with van der Waals surface area (Å²) in [5, 5.41) is 3.17. The number of amides is 1. The first-order chi connectivity index (χ1) is 13.4. The molecular weight excluding hydrogens is 381 g/mol. The molecule has 0 saturated carbocycles. The number of fused-ring (bicyclic) bond motifs is 1. The third-order valence-electron chi connectivity index (χ3n) is 4.21. The molecule has 3 rings (SSSR count). The number of carbonyl (C=O) groups excluding carboxylic acids is 1. The normalized spacial score (nSPS) is 11.5. The highest BCUT2D eigenvalue weighted by molar-refractivity contribution is 7.89. The molecular formula is C20H20FN3O3S. The van der Waals surface area contributed by atoms with Gasteiger partial charge in [0.05, 0.1) is 16.8 Å². The minimum Gasteiger partial charge on any atom is -0.355 e. The van der Waals surface area contributed by atoms with E-state index in [1.807, 2.05) is 6.92 Å². The minimum absolute atomic E-state index is 0.0266. The van der Waals surface area contributed by atoms with Gasteiger partial charge in [-0.15, -0.1) is 0 Å². The van der Waals surface area contributed by atoms with Crippen LogP contribution in [0.25, 0.3) is 10.9 Å². The lowest BCUT2D eigenvalue weighted by Crippen LogP contribution is -2.35. The van der Waals surface area contributed by atoms with Gasteiger partial charge in [-0.3, -0.25) is 9.78 Å². The van der Waals surface area contributed by atoms with E-state index in [0.29, 0.717) is 16.5 Å². The molecule has 28 heavy (non-hydrogen) atoms. The van der Waals surface area contributed by atoms with Crippen LogP contribution in [-0.4, -0.2) is 32.4 Å². The van der Waals surface area contributed by atoms with Crippen molar-refractivity contribution in [3.63, 3.8) is 0 Å². The number of pyridine rings is 1. The molecule has 0 aliphatic heterocycles. The summed E-state index contributed by atoms with van der Waals surface area (Å²) in [4.78, 5) is 16.3. The van der Waals surface area contributed by atoms with E-state index in [-0.39, 0.29) is 30.3 Å². The number of nitrogens with zero attached hydrogens (tertiary/aromatic N) is 1. The van der Waals surface area contributed by atoms with Crippen LogP contribution in [0, 0.1) is 12.7 Å². The van der Waals surface area contributed by atoms with Crippen molar-refractivity contribution in [1.82, 2.24) is 15.0 Å². The molecule has 1 amide bonds. The molecule has 0 aliphatic rings. The zero-order chi connectivity index (χ0) is 20.1. The summed E-state index contributed by atoms with van der Waals surface area (Å²) in [5.41, 5.74) is 2.07. The fourth-order valence-electron chi connectivity index (χ4n) is 2.88. The van der Waals surface area contributed by atoms with Gasteiger partial charge in [0.2, 0.25) is 15.9 Å². The monoisotopic (exact) mass is 401 g/mol. The molecule has 0 radical (unpaired) electrons. The summed E-state index contributed by atoms with van der Waals surface area (Å²) in [5.74, 6) is -0.715. The number of sulfonamides is 1. The maximum atomic E-state index is 13.1. The van der Waals surface area contributed by atoms with Crippen LogP contribution < -0.4 is 10.0 Å². The van der Waals surface area contributed by atoms with Gasteiger partial charge < -0.3 is 5.32 Å². The average Bonchev–Trinajstić information content (AvgIpc) is 2.65. The van der Waals surface area contributed by atoms with Crippen LogP contribution >= 0.6 is 0 Å². The predicted octanol–water partition coefficient (Wildman–Crippen LogP) is 2.32. The van der Waals surface area contributed by atoms with Crippen LogP contribution in [0.3, 0.4) is 0 Å². The van der Waals surface area contributed by atoms with Crippen LogP contribution in [0.5, 0.6) is 0 Å². The number of aryl methyl sites for hydroxylation is 1. The summed E-state index contributed by atoms with van der Waals surface area (Å²) in [6, 6.07) is 12.4. The molecule has 0 saturated heterocycles. The van der Waals surface area contributed by atoms with Crippen LogP contribution in [0.1, 0.15) is 11.1 Å². The van der Waals surface area contributed by atoms with E-state index in [0.717, 1.165) is 5.56 Å². The second-order valence-corrected chi connectivity index (χ2v) is 8.07. The standard InChI is InChI=1S/C20H20FN3O3S/c1-14-7-8-18(17-6-3-9-23-20(14)17)28(26,27)24-11-10-22-19(25)13-15-4-2-5-16(21)12-15/h2-9,12,24H,10-11,13H2,1H3,(H,22,25). The van der Waals surface area contributed by atoms with Gasteiger partial charge in [0.15, 0.2) is 0 Å². The summed E-state index contributed by atoms with van der Waals surface area (Å²) < 4.78 is 40.9. The first-order valence-electron chi connectivity index (χ1n) is 8.72. The van der Waals surface area contributed by atoms with Gasteiger partial charge in [-0.25, -0.2) is 17.5 Å². The van der Waals surface area contributed by atoms with Crippen molar-refractivity contribution < 1.29 is 17.6 Å². The van der Waals surface area contributed by atoms with Gasteiger partial charge in [-0.05, 0) is 48.4 Å². The summed E-state index contributed by atoms with van der Waals surface area (Å²) in [6.07, 6.45) is 1.64. The van der Waals surface area contributed by atoms with Crippen molar-refractivity contribution in [3.8, 4) is 0 Å². The molecule has 0 fully saturated rings. The highest BCUT2D eigenvalue weighted by Crippen LogP contribution is 2.23. The lowest BCUT2D eigenvalue weighted by Gasteiger charge is -2.11. The number of aromatic nitrogens is 1. The Morgan fingerprint density at radius 3 is 2.71 bits per heavy atom. The van der Waals surface area contributed by atoms with Crippen molar-refractivity contribution in [2.75, 3.05) is 13.1 Å². The van der Waals surface area contributed by atoms with Crippen LogP contribution in [-0.2, 0) is 21.2 Å². The number of rotatable bonds is 7. The Morgan fingerprint density at radius 1 is 1.11 bits per heavy atom. The quantitative estimate of drug-likeness (QED) is 0.595. The second-order valence-electron chi connectivity index (χ2n) is 6.33. The minimum atomic E-state index is -3.76. The maximum Gasteiger partial charge on any atom is 0.241 e. The zero-order valence-electron chi connectivity index (χ0n) is 15.3. The van der Waals surface area contributed by atoms with E-state index >= 15 is 0 Å². The lowest BCUT2D eigenvalue weighted by atomic mass is 10.1. The van der Waals surface area contributed by atoms with Gasteiger partial charge in [-0.1, -0.05) is 18.2 Å². The van der Waals surface area contributed by atoms with E-state index in [1.165, 1.54) is 18.2 Å². The Balaban J connectivity index is 1.59. The van der Waals surface area contributed by atoms with Crippen molar-refractivity contribution >= 4 is 26.8 Å². The molecule has 0 unspecified atom stereocenters. The molecule has 0 atom stereocenters. The molecule has 3 aromatic rings. The highest BCUT2D eigenvalue weighted by atomic mass is 32.2. The Bertz CT molecular complexity index is 1120. The van der Waals surface area contributed by atoms with Crippen LogP contribution in [0.2, 0.25) is 0 Å². The molecule has 1 aromatic heterocycles. The van der Waals surface area contributed by atoms with Crippen LogP contribution in [0.15, 0.2) is 59.6 Å². The van der Waals surface area contributed by atoms with Gasteiger partial charge in [0.25, 0.3) is 0 Å². The second kappa shape index (κ2) is 8.45. The van der Waals surface area contributed by atoms with Gasteiger partial charge >= 0.3 is 0 Å². The fraction of sp³-hybridized carbons (Fsp3) is 0.200. The topological polar surface area (TPSA) is 88.2 Å². The molecule has 0 bridgehead atoms. The third kappa shape index (κ3) is 4.71. The first kappa shape index (κ1) is 19.9. The van der Waals surface area contributed by atoms with Gasteiger partial charge in [0.1, 0.15) is 5.82 Å². The van der Waals surface area contributed by atoms with Crippen LogP contribution in [0.4, 0.5) is 4.39 Å². The molecule has 146 valence electrons.